The standard InChI is InChI=1S/C30H33BrClN3O4/c1-5-38-27-16-22(15-25(31)28(27)39-18-21-8-6-20(4)7-9-21)17-33-35-30(37)26(14-19(2)3)34-29(36)23-10-12-24(32)13-11-23/h6-13,15-17,19,26H,5,14,18H2,1-4H3,(H,34,36)(H,35,37)/b33-17+. The van der Waals surface area contributed by atoms with Crippen LogP contribution in [0.15, 0.2) is 70.2 Å². The molecule has 206 valence electrons. The maximum atomic E-state index is 12.9. The summed E-state index contributed by atoms with van der Waals surface area (Å²) >= 11 is 9.48. The van der Waals surface area contributed by atoms with E-state index >= 15 is 0 Å². The van der Waals surface area contributed by atoms with Crippen molar-refractivity contribution in [2.45, 2.75) is 46.8 Å². The van der Waals surface area contributed by atoms with Crippen LogP contribution in [0.4, 0.5) is 0 Å². The van der Waals surface area contributed by atoms with Crippen LogP contribution in [0.1, 0.15) is 54.2 Å². The van der Waals surface area contributed by atoms with E-state index < -0.39 is 11.9 Å². The maximum Gasteiger partial charge on any atom is 0.262 e. The summed E-state index contributed by atoms with van der Waals surface area (Å²) in [6.07, 6.45) is 1.97. The van der Waals surface area contributed by atoms with E-state index in [0.29, 0.717) is 51.8 Å². The molecule has 1 unspecified atom stereocenters. The topological polar surface area (TPSA) is 89.0 Å². The molecule has 0 heterocycles. The predicted octanol–water partition coefficient (Wildman–Crippen LogP) is 6.68. The lowest BCUT2D eigenvalue weighted by molar-refractivity contribution is -0.123. The number of hydrogen-bond donors (Lipinski definition) is 2. The quantitative estimate of drug-likeness (QED) is 0.176. The Morgan fingerprint density at radius 2 is 1.74 bits per heavy atom. The molecule has 2 amide bonds. The molecule has 2 N–H and O–H groups in total. The first-order chi connectivity index (χ1) is 18.7. The van der Waals surface area contributed by atoms with E-state index in [1.54, 1.807) is 30.3 Å². The van der Waals surface area contributed by atoms with Crippen LogP contribution in [0.2, 0.25) is 5.02 Å². The molecule has 0 aliphatic heterocycles. The third kappa shape index (κ3) is 9.41. The molecule has 9 heteroatoms. The van der Waals surface area contributed by atoms with Gasteiger partial charge in [-0.2, -0.15) is 5.10 Å². The summed E-state index contributed by atoms with van der Waals surface area (Å²) in [5.74, 6) is 0.542. The van der Waals surface area contributed by atoms with Crippen molar-refractivity contribution in [2.75, 3.05) is 6.61 Å². The minimum atomic E-state index is -0.756. The van der Waals surface area contributed by atoms with Gasteiger partial charge in [0.1, 0.15) is 12.6 Å². The molecule has 39 heavy (non-hydrogen) atoms. The summed E-state index contributed by atoms with van der Waals surface area (Å²) in [6, 6.07) is 17.5. The SMILES string of the molecule is CCOc1cc(/C=N/NC(=O)C(CC(C)C)NC(=O)c2ccc(Cl)cc2)cc(Br)c1OCc1ccc(C)cc1. The molecule has 0 aromatic heterocycles. The average molecular weight is 615 g/mol. The summed E-state index contributed by atoms with van der Waals surface area (Å²) in [6.45, 7) is 8.74. The zero-order valence-corrected chi connectivity index (χ0v) is 24.8. The second-order valence-corrected chi connectivity index (χ2v) is 10.7. The zero-order valence-electron chi connectivity index (χ0n) is 22.5. The molecule has 3 rings (SSSR count). The van der Waals surface area contributed by atoms with Gasteiger partial charge >= 0.3 is 0 Å². The van der Waals surface area contributed by atoms with Gasteiger partial charge in [0, 0.05) is 10.6 Å². The summed E-state index contributed by atoms with van der Waals surface area (Å²) in [4.78, 5) is 25.6. The van der Waals surface area contributed by atoms with Crippen LogP contribution in [0, 0.1) is 12.8 Å². The number of amides is 2. The summed E-state index contributed by atoms with van der Waals surface area (Å²) in [5.41, 5.74) is 5.89. The van der Waals surface area contributed by atoms with Gasteiger partial charge in [-0.25, -0.2) is 5.43 Å². The van der Waals surface area contributed by atoms with Gasteiger partial charge < -0.3 is 14.8 Å². The van der Waals surface area contributed by atoms with E-state index in [1.807, 2.05) is 58.0 Å². The normalized spacial score (nSPS) is 11.9. The number of halogens is 2. The first-order valence-electron chi connectivity index (χ1n) is 12.7. The molecular weight excluding hydrogens is 582 g/mol. The molecule has 0 bridgehead atoms. The van der Waals surface area contributed by atoms with Crippen LogP contribution in [0.3, 0.4) is 0 Å². The van der Waals surface area contributed by atoms with Crippen molar-refractivity contribution in [1.82, 2.24) is 10.7 Å². The molecule has 0 fully saturated rings. The second kappa shape index (κ2) is 14.7. The summed E-state index contributed by atoms with van der Waals surface area (Å²) < 4.78 is 12.6. The zero-order chi connectivity index (χ0) is 28.4. The number of ether oxygens (including phenoxy) is 2. The number of rotatable bonds is 12. The van der Waals surface area contributed by atoms with E-state index in [1.165, 1.54) is 11.8 Å². The van der Waals surface area contributed by atoms with Crippen LogP contribution in [0.5, 0.6) is 11.5 Å². The van der Waals surface area contributed by atoms with Gasteiger partial charge in [0.15, 0.2) is 11.5 Å². The van der Waals surface area contributed by atoms with Crippen molar-refractivity contribution >= 4 is 45.6 Å². The minimum Gasteiger partial charge on any atom is -0.490 e. The molecule has 0 aliphatic carbocycles. The lowest BCUT2D eigenvalue weighted by Gasteiger charge is -2.19. The molecule has 3 aromatic carbocycles. The minimum absolute atomic E-state index is 0.174. The first-order valence-corrected chi connectivity index (χ1v) is 13.9. The smallest absolute Gasteiger partial charge is 0.262 e. The summed E-state index contributed by atoms with van der Waals surface area (Å²) in [5, 5.41) is 7.45. The third-order valence-corrected chi connectivity index (χ3v) is 6.50. The Morgan fingerprint density at radius 3 is 2.38 bits per heavy atom. The number of nitrogens with zero attached hydrogens (tertiary/aromatic N) is 1. The number of hydrogen-bond acceptors (Lipinski definition) is 5. The Morgan fingerprint density at radius 1 is 1.05 bits per heavy atom. The third-order valence-electron chi connectivity index (χ3n) is 5.66. The Balaban J connectivity index is 1.68. The Kier molecular flexibility index (Phi) is 11.4. The molecule has 0 spiro atoms. The molecule has 3 aromatic rings. The number of nitrogens with one attached hydrogen (secondary N) is 2. The lowest BCUT2D eigenvalue weighted by atomic mass is 10.0. The highest BCUT2D eigenvalue weighted by Crippen LogP contribution is 2.37. The Labute approximate surface area is 243 Å². The number of carbonyl (C=O) groups excluding carboxylic acids is 2. The molecule has 0 saturated heterocycles. The highest BCUT2D eigenvalue weighted by atomic mass is 79.9. The van der Waals surface area contributed by atoms with Gasteiger partial charge in [-0.15, -0.1) is 0 Å². The Hall–Kier alpha value is -3.36. The maximum absolute atomic E-state index is 12.9. The van der Waals surface area contributed by atoms with Crippen molar-refractivity contribution in [3.63, 3.8) is 0 Å². The average Bonchev–Trinajstić information content (AvgIpc) is 2.89. The first kappa shape index (κ1) is 30.2. The van der Waals surface area contributed by atoms with Crippen LogP contribution < -0.4 is 20.2 Å². The van der Waals surface area contributed by atoms with Crippen molar-refractivity contribution in [3.05, 3.63) is 92.4 Å². The number of hydrazone groups is 1. The molecule has 0 saturated carbocycles. The van der Waals surface area contributed by atoms with Crippen molar-refractivity contribution < 1.29 is 19.1 Å². The molecule has 7 nitrogen and oxygen atoms in total. The fourth-order valence-electron chi connectivity index (χ4n) is 3.70. The predicted molar refractivity (Wildman–Crippen MR) is 159 cm³/mol. The monoisotopic (exact) mass is 613 g/mol. The van der Waals surface area contributed by atoms with Gasteiger partial charge in [-0.1, -0.05) is 55.3 Å². The van der Waals surface area contributed by atoms with Crippen molar-refractivity contribution in [3.8, 4) is 11.5 Å². The second-order valence-electron chi connectivity index (χ2n) is 9.43. The Bertz CT molecular complexity index is 1290. The van der Waals surface area contributed by atoms with Crippen molar-refractivity contribution in [2.24, 2.45) is 11.0 Å². The molecule has 0 aliphatic rings. The highest BCUT2D eigenvalue weighted by Gasteiger charge is 2.22. The van der Waals surface area contributed by atoms with Crippen LogP contribution >= 0.6 is 27.5 Å². The van der Waals surface area contributed by atoms with Gasteiger partial charge in [-0.3, -0.25) is 9.59 Å². The molecule has 1 atom stereocenters. The van der Waals surface area contributed by atoms with Gasteiger partial charge in [-0.05, 0) is 89.6 Å². The lowest BCUT2D eigenvalue weighted by Crippen LogP contribution is -2.46. The molecule has 0 radical (unpaired) electrons. The van der Waals surface area contributed by atoms with E-state index in [0.717, 1.165) is 5.56 Å². The van der Waals surface area contributed by atoms with E-state index in [-0.39, 0.29) is 11.8 Å². The van der Waals surface area contributed by atoms with E-state index in [4.69, 9.17) is 21.1 Å². The fraction of sp³-hybridized carbons (Fsp3) is 0.300. The van der Waals surface area contributed by atoms with E-state index in [9.17, 15) is 9.59 Å². The number of carbonyl (C=O) groups is 2. The summed E-state index contributed by atoms with van der Waals surface area (Å²) in [7, 11) is 0. The van der Waals surface area contributed by atoms with Gasteiger partial charge in [0.25, 0.3) is 11.8 Å². The fourth-order valence-corrected chi connectivity index (χ4v) is 4.40. The van der Waals surface area contributed by atoms with Crippen LogP contribution in [-0.2, 0) is 11.4 Å². The number of aryl methyl sites for hydroxylation is 1. The van der Waals surface area contributed by atoms with Crippen LogP contribution in [0.25, 0.3) is 0 Å². The molecular formula is C30H33BrClN3O4. The van der Waals surface area contributed by atoms with Crippen LogP contribution in [-0.4, -0.2) is 30.7 Å². The highest BCUT2D eigenvalue weighted by molar-refractivity contribution is 9.10. The van der Waals surface area contributed by atoms with E-state index in [2.05, 4.69) is 31.8 Å². The van der Waals surface area contributed by atoms with Crippen molar-refractivity contribution in [1.29, 1.82) is 0 Å². The van der Waals surface area contributed by atoms with Gasteiger partial charge in [0.05, 0.1) is 17.3 Å². The number of benzene rings is 3. The largest absolute Gasteiger partial charge is 0.490 e. The van der Waals surface area contributed by atoms with Gasteiger partial charge in [0.2, 0.25) is 0 Å².